The minimum atomic E-state index is 0.286. The van der Waals surface area contributed by atoms with Crippen molar-refractivity contribution in [3.63, 3.8) is 0 Å². The highest BCUT2D eigenvalue weighted by atomic mass is 16.1. The molecule has 0 unspecified atom stereocenters. The number of anilines is 1. The fourth-order valence-corrected chi connectivity index (χ4v) is 3.75. The van der Waals surface area contributed by atoms with Crippen molar-refractivity contribution in [2.45, 2.75) is 26.2 Å². The summed E-state index contributed by atoms with van der Waals surface area (Å²) in [4.78, 5) is 16.9. The van der Waals surface area contributed by atoms with Crippen molar-refractivity contribution in [3.8, 4) is 11.1 Å². The standard InChI is InChI=1S/C22H28N2O/c1-4-24(16-8-15-23(2)3)20-13-11-18-19(12-14-21(18)25)22(20)17-9-6-5-7-10-17/h5-7,9-11,13H,4,8,12,14-16H2,1-3H3. The van der Waals surface area contributed by atoms with Gasteiger partial charge in [0.25, 0.3) is 0 Å². The van der Waals surface area contributed by atoms with Gasteiger partial charge in [-0.25, -0.2) is 0 Å². The van der Waals surface area contributed by atoms with Crippen LogP contribution in [0.1, 0.15) is 35.7 Å². The average molecular weight is 336 g/mol. The molecule has 2 aromatic carbocycles. The van der Waals surface area contributed by atoms with Crippen LogP contribution in [0.3, 0.4) is 0 Å². The van der Waals surface area contributed by atoms with Gasteiger partial charge in [-0.1, -0.05) is 30.3 Å². The van der Waals surface area contributed by atoms with E-state index in [-0.39, 0.29) is 5.78 Å². The van der Waals surface area contributed by atoms with Gasteiger partial charge in [-0.15, -0.1) is 0 Å². The Bertz CT molecular complexity index is 737. The van der Waals surface area contributed by atoms with E-state index in [9.17, 15) is 4.79 Å². The molecule has 2 aromatic rings. The molecule has 1 aliphatic carbocycles. The zero-order valence-electron chi connectivity index (χ0n) is 15.6. The molecule has 3 rings (SSSR count). The Labute approximate surface area is 151 Å². The highest BCUT2D eigenvalue weighted by Gasteiger charge is 2.26. The molecule has 0 N–H and O–H groups in total. The van der Waals surface area contributed by atoms with Crippen LogP contribution >= 0.6 is 0 Å². The molecule has 0 saturated carbocycles. The lowest BCUT2D eigenvalue weighted by Gasteiger charge is -2.28. The Hall–Kier alpha value is -2.13. The normalized spacial score (nSPS) is 13.4. The van der Waals surface area contributed by atoms with Crippen LogP contribution in [0.25, 0.3) is 11.1 Å². The maximum absolute atomic E-state index is 12.2. The molecule has 0 saturated heterocycles. The summed E-state index contributed by atoms with van der Waals surface area (Å²) in [6, 6.07) is 14.7. The van der Waals surface area contributed by atoms with Gasteiger partial charge in [-0.05, 0) is 63.7 Å². The van der Waals surface area contributed by atoms with Gasteiger partial charge in [-0.2, -0.15) is 0 Å². The van der Waals surface area contributed by atoms with Crippen molar-refractivity contribution >= 4 is 11.5 Å². The largest absolute Gasteiger partial charge is 0.371 e. The van der Waals surface area contributed by atoms with E-state index in [0.717, 1.165) is 38.0 Å². The van der Waals surface area contributed by atoms with E-state index in [4.69, 9.17) is 0 Å². The van der Waals surface area contributed by atoms with E-state index < -0.39 is 0 Å². The summed E-state index contributed by atoms with van der Waals surface area (Å²) in [5.41, 5.74) is 5.90. The van der Waals surface area contributed by atoms with Gasteiger partial charge in [0.15, 0.2) is 5.78 Å². The Balaban J connectivity index is 2.02. The number of Topliss-reactive ketones (excluding diaryl/α,β-unsaturated/α-hetero) is 1. The number of ketones is 1. The fraction of sp³-hybridized carbons (Fsp3) is 0.409. The molecule has 0 aromatic heterocycles. The Morgan fingerprint density at radius 1 is 0.960 bits per heavy atom. The van der Waals surface area contributed by atoms with Gasteiger partial charge in [0.2, 0.25) is 0 Å². The summed E-state index contributed by atoms with van der Waals surface area (Å²) in [5, 5.41) is 0. The molecule has 0 fully saturated rings. The summed E-state index contributed by atoms with van der Waals surface area (Å²) in [7, 11) is 4.24. The van der Waals surface area contributed by atoms with Gasteiger partial charge >= 0.3 is 0 Å². The van der Waals surface area contributed by atoms with Gasteiger partial charge < -0.3 is 9.80 Å². The van der Waals surface area contributed by atoms with E-state index in [1.54, 1.807) is 0 Å². The Kier molecular flexibility index (Phi) is 5.54. The van der Waals surface area contributed by atoms with E-state index >= 15 is 0 Å². The maximum atomic E-state index is 12.2. The maximum Gasteiger partial charge on any atom is 0.163 e. The average Bonchev–Trinajstić information content (AvgIpc) is 3.00. The smallest absolute Gasteiger partial charge is 0.163 e. The monoisotopic (exact) mass is 336 g/mol. The third kappa shape index (κ3) is 3.77. The van der Waals surface area contributed by atoms with E-state index in [2.05, 4.69) is 61.2 Å². The van der Waals surface area contributed by atoms with Crippen LogP contribution in [0.5, 0.6) is 0 Å². The second-order valence-corrected chi connectivity index (χ2v) is 7.01. The summed E-state index contributed by atoms with van der Waals surface area (Å²) >= 11 is 0. The first-order valence-electron chi connectivity index (χ1n) is 9.26. The molecule has 0 aliphatic heterocycles. The first-order chi connectivity index (χ1) is 12.1. The fourth-order valence-electron chi connectivity index (χ4n) is 3.75. The molecule has 0 heterocycles. The summed E-state index contributed by atoms with van der Waals surface area (Å²) in [6.45, 7) is 5.30. The number of nitrogens with zero attached hydrogens (tertiary/aromatic N) is 2. The lowest BCUT2D eigenvalue weighted by molar-refractivity contribution is 0.0994. The SMILES string of the molecule is CCN(CCCN(C)C)c1ccc2c(c1-c1ccccc1)CCC2=O. The van der Waals surface area contributed by atoms with Crippen molar-refractivity contribution in [1.82, 2.24) is 4.90 Å². The first-order valence-corrected chi connectivity index (χ1v) is 9.26. The van der Waals surface area contributed by atoms with Crippen LogP contribution in [0.2, 0.25) is 0 Å². The molecular formula is C22H28N2O. The number of rotatable bonds is 7. The van der Waals surface area contributed by atoms with Crippen LogP contribution in [0.15, 0.2) is 42.5 Å². The molecule has 1 aliphatic rings. The lowest BCUT2D eigenvalue weighted by atomic mass is 9.94. The molecule has 3 nitrogen and oxygen atoms in total. The number of carbonyl (C=O) groups is 1. The molecule has 0 atom stereocenters. The first kappa shape index (κ1) is 17.7. The molecule has 0 bridgehead atoms. The van der Waals surface area contributed by atoms with Crippen molar-refractivity contribution < 1.29 is 4.79 Å². The van der Waals surface area contributed by atoms with Crippen LogP contribution < -0.4 is 4.90 Å². The van der Waals surface area contributed by atoms with Crippen LogP contribution in [-0.4, -0.2) is 44.4 Å². The molecule has 132 valence electrons. The predicted octanol–water partition coefficient (Wildman–Crippen LogP) is 4.26. The second-order valence-electron chi connectivity index (χ2n) is 7.01. The highest BCUT2D eigenvalue weighted by Crippen LogP contribution is 2.39. The van der Waals surface area contributed by atoms with Crippen LogP contribution in [-0.2, 0) is 6.42 Å². The minimum absolute atomic E-state index is 0.286. The van der Waals surface area contributed by atoms with Crippen molar-refractivity contribution in [2.24, 2.45) is 0 Å². The Morgan fingerprint density at radius 2 is 1.72 bits per heavy atom. The van der Waals surface area contributed by atoms with Gasteiger partial charge in [0.1, 0.15) is 0 Å². The molecule has 3 heteroatoms. The number of benzene rings is 2. The zero-order chi connectivity index (χ0) is 17.8. The van der Waals surface area contributed by atoms with E-state index in [0.29, 0.717) is 6.42 Å². The molecule has 0 radical (unpaired) electrons. The number of fused-ring (bicyclic) bond motifs is 1. The minimum Gasteiger partial charge on any atom is -0.371 e. The molecule has 0 spiro atoms. The van der Waals surface area contributed by atoms with Crippen LogP contribution in [0, 0.1) is 0 Å². The quantitative estimate of drug-likeness (QED) is 0.755. The van der Waals surface area contributed by atoms with Gasteiger partial charge in [0.05, 0.1) is 0 Å². The van der Waals surface area contributed by atoms with Gasteiger partial charge in [-0.3, -0.25) is 4.79 Å². The topological polar surface area (TPSA) is 23.6 Å². The third-order valence-corrected chi connectivity index (χ3v) is 5.01. The highest BCUT2D eigenvalue weighted by molar-refractivity contribution is 6.04. The zero-order valence-corrected chi connectivity index (χ0v) is 15.6. The lowest BCUT2D eigenvalue weighted by Crippen LogP contribution is -2.27. The van der Waals surface area contributed by atoms with Crippen molar-refractivity contribution in [3.05, 3.63) is 53.6 Å². The number of hydrogen-bond donors (Lipinski definition) is 0. The van der Waals surface area contributed by atoms with E-state index in [1.807, 2.05) is 12.1 Å². The summed E-state index contributed by atoms with van der Waals surface area (Å²) in [5.74, 6) is 0.286. The third-order valence-electron chi connectivity index (χ3n) is 5.01. The second kappa shape index (κ2) is 7.83. The molecule has 25 heavy (non-hydrogen) atoms. The number of hydrogen-bond acceptors (Lipinski definition) is 3. The molecular weight excluding hydrogens is 308 g/mol. The summed E-state index contributed by atoms with van der Waals surface area (Å²) in [6.07, 6.45) is 2.64. The number of carbonyl (C=O) groups excluding carboxylic acids is 1. The Morgan fingerprint density at radius 3 is 2.40 bits per heavy atom. The van der Waals surface area contributed by atoms with Crippen molar-refractivity contribution in [2.75, 3.05) is 38.6 Å². The summed E-state index contributed by atoms with van der Waals surface area (Å²) < 4.78 is 0. The molecule has 0 amide bonds. The van der Waals surface area contributed by atoms with Crippen LogP contribution in [0.4, 0.5) is 5.69 Å². The van der Waals surface area contributed by atoms with Gasteiger partial charge in [0, 0.05) is 36.3 Å². The van der Waals surface area contributed by atoms with Crippen molar-refractivity contribution in [1.29, 1.82) is 0 Å². The predicted molar refractivity (Wildman–Crippen MR) is 106 cm³/mol. The van der Waals surface area contributed by atoms with E-state index in [1.165, 1.54) is 22.4 Å².